The summed E-state index contributed by atoms with van der Waals surface area (Å²) in [5.41, 5.74) is 11.4. The molecule has 4 aromatic heterocycles. The van der Waals surface area contributed by atoms with Crippen molar-refractivity contribution in [2.24, 2.45) is 0 Å². The molecule has 0 bridgehead atoms. The van der Waals surface area contributed by atoms with Crippen molar-refractivity contribution in [2.75, 3.05) is 0 Å². The third kappa shape index (κ3) is 4.87. The van der Waals surface area contributed by atoms with E-state index in [4.69, 9.17) is 23.8 Å². The molecule has 0 unspecified atom stereocenters. The van der Waals surface area contributed by atoms with Crippen LogP contribution in [0, 0.1) is 0 Å². The van der Waals surface area contributed by atoms with Crippen molar-refractivity contribution in [1.82, 2.24) is 19.5 Å². The summed E-state index contributed by atoms with van der Waals surface area (Å²) < 4.78 is 15.7. The van der Waals surface area contributed by atoms with Crippen molar-refractivity contribution >= 4 is 65.7 Å². The van der Waals surface area contributed by atoms with E-state index in [0.717, 1.165) is 88.4 Å². The van der Waals surface area contributed by atoms with Gasteiger partial charge in [-0.25, -0.2) is 15.0 Å². The van der Waals surface area contributed by atoms with Crippen LogP contribution in [0.2, 0.25) is 0 Å². The Morgan fingerprint density at radius 2 is 0.912 bits per heavy atom. The zero-order chi connectivity index (χ0) is 37.5. The quantitative estimate of drug-likeness (QED) is 0.176. The topological polar surface area (TPSA) is 69.9 Å². The predicted molar refractivity (Wildman–Crippen MR) is 230 cm³/mol. The first-order valence-corrected chi connectivity index (χ1v) is 19.0. The van der Waals surface area contributed by atoms with Gasteiger partial charge in [0.1, 0.15) is 22.3 Å². The summed E-state index contributed by atoms with van der Waals surface area (Å²) in [6.45, 7) is 0. The molecule has 0 saturated heterocycles. The monoisotopic (exact) mass is 730 g/mol. The van der Waals surface area contributed by atoms with Gasteiger partial charge in [0, 0.05) is 49.2 Å². The van der Waals surface area contributed by atoms with Crippen LogP contribution in [0.5, 0.6) is 0 Å². The smallest absolute Gasteiger partial charge is 0.164 e. The summed E-state index contributed by atoms with van der Waals surface area (Å²) >= 11 is 0. The number of hydrogen-bond acceptors (Lipinski definition) is 5. The van der Waals surface area contributed by atoms with Gasteiger partial charge in [0.25, 0.3) is 0 Å². The second-order valence-electron chi connectivity index (χ2n) is 14.3. The Balaban J connectivity index is 1.06. The lowest BCUT2D eigenvalue weighted by Gasteiger charge is -2.10. The summed E-state index contributed by atoms with van der Waals surface area (Å²) in [5.74, 6) is 1.82. The molecule has 8 aromatic carbocycles. The fraction of sp³-hybridized carbons (Fsp3) is 0. The zero-order valence-corrected chi connectivity index (χ0v) is 30.4. The molecule has 0 fully saturated rings. The maximum absolute atomic E-state index is 6.79. The number of para-hydroxylation sites is 3. The van der Waals surface area contributed by atoms with E-state index in [1.165, 1.54) is 10.8 Å². The van der Waals surface area contributed by atoms with Crippen molar-refractivity contribution in [1.29, 1.82) is 0 Å². The Labute approximate surface area is 325 Å². The summed E-state index contributed by atoms with van der Waals surface area (Å²) in [7, 11) is 0. The van der Waals surface area contributed by atoms with Gasteiger partial charge >= 0.3 is 0 Å². The minimum Gasteiger partial charge on any atom is -0.456 e. The summed E-state index contributed by atoms with van der Waals surface area (Å²) in [6.07, 6.45) is 0. The van der Waals surface area contributed by atoms with Crippen LogP contribution >= 0.6 is 0 Å². The third-order valence-corrected chi connectivity index (χ3v) is 11.1. The minimum atomic E-state index is 0.588. The van der Waals surface area contributed by atoms with E-state index in [1.54, 1.807) is 0 Å². The number of furan rings is 2. The van der Waals surface area contributed by atoms with E-state index >= 15 is 0 Å². The number of fused-ring (bicyclic) bond motifs is 9. The molecule has 0 radical (unpaired) electrons. The normalized spacial score (nSPS) is 11.9. The summed E-state index contributed by atoms with van der Waals surface area (Å²) in [4.78, 5) is 15.1. The van der Waals surface area contributed by atoms with E-state index in [9.17, 15) is 0 Å². The molecule has 0 saturated carbocycles. The molecule has 12 aromatic rings. The Morgan fingerprint density at radius 3 is 1.61 bits per heavy atom. The first-order valence-electron chi connectivity index (χ1n) is 19.0. The SMILES string of the molecule is c1ccc(-c2nc(-c3ccccc3)nc(-c3cccc4oc5c(-c6ccc7oc8cccc(-n9c%10ccccc%10c%10ccccc%109)c8c7c6)cccc5c34)n2)cc1. The Bertz CT molecular complexity index is 3410. The first kappa shape index (κ1) is 31.5. The fourth-order valence-corrected chi connectivity index (χ4v) is 8.53. The molecule has 12 rings (SSSR count). The van der Waals surface area contributed by atoms with Crippen LogP contribution in [0.15, 0.2) is 191 Å². The molecular weight excluding hydrogens is 701 g/mol. The number of hydrogen-bond donors (Lipinski definition) is 0. The average Bonchev–Trinajstić information content (AvgIpc) is 3.96. The molecule has 6 heteroatoms. The van der Waals surface area contributed by atoms with Gasteiger partial charge in [0.05, 0.1) is 22.1 Å². The van der Waals surface area contributed by atoms with E-state index in [-0.39, 0.29) is 0 Å². The molecule has 0 aliphatic carbocycles. The highest BCUT2D eigenvalue weighted by atomic mass is 16.3. The molecule has 0 N–H and O–H groups in total. The number of aromatic nitrogens is 4. The lowest BCUT2D eigenvalue weighted by Crippen LogP contribution is -2.00. The lowest BCUT2D eigenvalue weighted by molar-refractivity contribution is 0.668. The number of nitrogens with zero attached hydrogens (tertiary/aromatic N) is 4. The molecule has 0 atom stereocenters. The van der Waals surface area contributed by atoms with E-state index in [2.05, 4.69) is 114 Å². The second kappa shape index (κ2) is 12.3. The standard InChI is InChI=1S/C51H30N4O2/c1-3-14-31(15-4-1)49-52-50(32-16-5-2-6-17-32)54-51(53-49)38-22-12-26-44-46(38)37-21-11-20-34(48(37)57-44)33-28-29-43-39(30-33)47-42(25-13-27-45(47)56-43)55-40-23-9-7-18-35(40)36-19-8-10-24-41(36)55/h1-30H. The molecule has 0 aliphatic heterocycles. The largest absolute Gasteiger partial charge is 0.456 e. The van der Waals surface area contributed by atoms with E-state index in [0.29, 0.717) is 17.5 Å². The Kier molecular flexibility index (Phi) is 6.83. The van der Waals surface area contributed by atoms with Crippen molar-refractivity contribution in [3.05, 3.63) is 182 Å². The molecule has 4 heterocycles. The highest BCUT2D eigenvalue weighted by molar-refractivity contribution is 6.17. The van der Waals surface area contributed by atoms with Gasteiger partial charge in [-0.3, -0.25) is 0 Å². The maximum atomic E-state index is 6.79. The van der Waals surface area contributed by atoms with Gasteiger partial charge in [-0.2, -0.15) is 0 Å². The van der Waals surface area contributed by atoms with Crippen molar-refractivity contribution in [3.8, 4) is 51.0 Å². The highest BCUT2D eigenvalue weighted by Crippen LogP contribution is 2.43. The van der Waals surface area contributed by atoms with Crippen molar-refractivity contribution < 1.29 is 8.83 Å². The minimum absolute atomic E-state index is 0.588. The first-order chi connectivity index (χ1) is 28.3. The number of rotatable bonds is 5. The van der Waals surface area contributed by atoms with Gasteiger partial charge in [-0.15, -0.1) is 0 Å². The van der Waals surface area contributed by atoms with Gasteiger partial charge in [-0.05, 0) is 48.0 Å². The summed E-state index contributed by atoms with van der Waals surface area (Å²) in [5, 5.41) is 6.50. The van der Waals surface area contributed by atoms with Gasteiger partial charge in [0.2, 0.25) is 0 Å². The van der Waals surface area contributed by atoms with Crippen molar-refractivity contribution in [2.45, 2.75) is 0 Å². The molecule has 266 valence electrons. The molecule has 0 aliphatic rings. The second-order valence-corrected chi connectivity index (χ2v) is 14.3. The fourth-order valence-electron chi connectivity index (χ4n) is 8.53. The molecule has 6 nitrogen and oxygen atoms in total. The third-order valence-electron chi connectivity index (χ3n) is 11.1. The van der Waals surface area contributed by atoms with Crippen LogP contribution in [-0.4, -0.2) is 19.5 Å². The average molecular weight is 731 g/mol. The van der Waals surface area contributed by atoms with E-state index in [1.807, 2.05) is 72.8 Å². The zero-order valence-electron chi connectivity index (χ0n) is 30.4. The van der Waals surface area contributed by atoms with Crippen LogP contribution in [0.4, 0.5) is 0 Å². The molecule has 57 heavy (non-hydrogen) atoms. The van der Waals surface area contributed by atoms with Crippen LogP contribution in [0.1, 0.15) is 0 Å². The van der Waals surface area contributed by atoms with Gasteiger partial charge in [0.15, 0.2) is 17.5 Å². The lowest BCUT2D eigenvalue weighted by atomic mass is 9.98. The Hall–Kier alpha value is -7.83. The van der Waals surface area contributed by atoms with Crippen LogP contribution < -0.4 is 0 Å². The molecule has 0 spiro atoms. The summed E-state index contributed by atoms with van der Waals surface area (Å²) in [6, 6.07) is 62.5. The van der Waals surface area contributed by atoms with Crippen molar-refractivity contribution in [3.63, 3.8) is 0 Å². The highest BCUT2D eigenvalue weighted by Gasteiger charge is 2.21. The Morgan fingerprint density at radius 1 is 0.351 bits per heavy atom. The predicted octanol–water partition coefficient (Wildman–Crippen LogP) is 13.4. The van der Waals surface area contributed by atoms with Gasteiger partial charge < -0.3 is 13.4 Å². The van der Waals surface area contributed by atoms with Crippen LogP contribution in [-0.2, 0) is 0 Å². The number of benzene rings is 8. The molecular formula is C51H30N4O2. The molecule has 0 amide bonds. The van der Waals surface area contributed by atoms with Crippen LogP contribution in [0.3, 0.4) is 0 Å². The van der Waals surface area contributed by atoms with Gasteiger partial charge in [-0.1, -0.05) is 140 Å². The van der Waals surface area contributed by atoms with Crippen LogP contribution in [0.25, 0.3) is 117 Å². The maximum Gasteiger partial charge on any atom is 0.164 e. The van der Waals surface area contributed by atoms with E-state index < -0.39 is 0 Å².